The molecule has 0 radical (unpaired) electrons. The molecule has 0 fully saturated rings. The van der Waals surface area contributed by atoms with Crippen LogP contribution in [0.1, 0.15) is 17.3 Å². The SMILES string of the molecule is C=CCn1c(SCCOc2ccccc2C(C)=O)nnc1-c1ccncc1. The van der Waals surface area contributed by atoms with Crippen LogP contribution in [0.15, 0.2) is 66.6 Å². The highest BCUT2D eigenvalue weighted by atomic mass is 32.2. The molecule has 0 saturated carbocycles. The lowest BCUT2D eigenvalue weighted by Crippen LogP contribution is -2.06. The number of carbonyl (C=O) groups excluding carboxylic acids is 1. The van der Waals surface area contributed by atoms with Gasteiger partial charge in [-0.1, -0.05) is 30.0 Å². The van der Waals surface area contributed by atoms with Crippen molar-refractivity contribution >= 4 is 17.5 Å². The highest BCUT2D eigenvalue weighted by Crippen LogP contribution is 2.24. The van der Waals surface area contributed by atoms with E-state index in [0.29, 0.717) is 30.2 Å². The molecule has 0 aliphatic rings. The summed E-state index contributed by atoms with van der Waals surface area (Å²) >= 11 is 1.55. The van der Waals surface area contributed by atoms with Crippen LogP contribution in [-0.4, -0.2) is 37.9 Å². The molecule has 0 N–H and O–H groups in total. The van der Waals surface area contributed by atoms with Crippen LogP contribution in [0.25, 0.3) is 11.4 Å². The Labute approximate surface area is 162 Å². The van der Waals surface area contributed by atoms with Gasteiger partial charge in [-0.15, -0.1) is 16.8 Å². The molecule has 27 heavy (non-hydrogen) atoms. The lowest BCUT2D eigenvalue weighted by molar-refractivity contribution is 0.101. The normalized spacial score (nSPS) is 10.6. The molecule has 2 heterocycles. The number of carbonyl (C=O) groups is 1. The molecule has 2 aromatic heterocycles. The van der Waals surface area contributed by atoms with Gasteiger partial charge in [-0.2, -0.15) is 0 Å². The molecule has 3 aromatic rings. The van der Waals surface area contributed by atoms with E-state index in [1.165, 1.54) is 6.92 Å². The second-order valence-corrected chi connectivity index (χ2v) is 6.75. The molecule has 0 amide bonds. The molecule has 0 spiro atoms. The summed E-state index contributed by atoms with van der Waals surface area (Å²) in [6.07, 6.45) is 5.28. The van der Waals surface area contributed by atoms with Crippen LogP contribution in [0.5, 0.6) is 5.75 Å². The van der Waals surface area contributed by atoms with Crippen molar-refractivity contribution in [2.75, 3.05) is 12.4 Å². The lowest BCUT2D eigenvalue weighted by Gasteiger charge is -2.10. The zero-order valence-corrected chi connectivity index (χ0v) is 15.9. The number of nitrogens with zero attached hydrogens (tertiary/aromatic N) is 4. The van der Waals surface area contributed by atoms with Crippen LogP contribution in [0, 0.1) is 0 Å². The van der Waals surface area contributed by atoms with E-state index >= 15 is 0 Å². The minimum absolute atomic E-state index is 0.00836. The van der Waals surface area contributed by atoms with E-state index in [0.717, 1.165) is 16.5 Å². The van der Waals surface area contributed by atoms with Gasteiger partial charge in [-0.25, -0.2) is 0 Å². The van der Waals surface area contributed by atoms with Crippen molar-refractivity contribution in [2.24, 2.45) is 0 Å². The molecule has 3 rings (SSSR count). The van der Waals surface area contributed by atoms with Gasteiger partial charge in [0.2, 0.25) is 0 Å². The maximum Gasteiger partial charge on any atom is 0.191 e. The number of hydrogen-bond acceptors (Lipinski definition) is 6. The third kappa shape index (κ3) is 4.62. The number of pyridine rings is 1. The Kier molecular flexibility index (Phi) is 6.38. The van der Waals surface area contributed by atoms with E-state index < -0.39 is 0 Å². The van der Waals surface area contributed by atoms with Crippen molar-refractivity contribution in [3.05, 3.63) is 67.0 Å². The first-order valence-corrected chi connectivity index (χ1v) is 9.49. The molecule has 0 bridgehead atoms. The van der Waals surface area contributed by atoms with Crippen molar-refractivity contribution in [2.45, 2.75) is 18.6 Å². The van der Waals surface area contributed by atoms with E-state index in [2.05, 4.69) is 21.8 Å². The Morgan fingerprint density at radius 3 is 2.74 bits per heavy atom. The maximum atomic E-state index is 11.7. The number of allylic oxidation sites excluding steroid dienone is 1. The van der Waals surface area contributed by atoms with E-state index in [4.69, 9.17) is 4.74 Å². The average molecular weight is 380 g/mol. The minimum atomic E-state index is -0.00836. The van der Waals surface area contributed by atoms with Crippen LogP contribution in [-0.2, 0) is 6.54 Å². The molecule has 0 aliphatic carbocycles. The molecule has 6 nitrogen and oxygen atoms in total. The summed E-state index contributed by atoms with van der Waals surface area (Å²) in [5.41, 5.74) is 1.55. The quantitative estimate of drug-likeness (QED) is 0.243. The molecule has 138 valence electrons. The zero-order valence-electron chi connectivity index (χ0n) is 15.0. The van der Waals surface area contributed by atoms with Crippen molar-refractivity contribution in [3.63, 3.8) is 0 Å². The molecule has 7 heteroatoms. The van der Waals surface area contributed by atoms with Gasteiger partial charge in [-0.05, 0) is 31.2 Å². The number of ether oxygens (including phenoxy) is 1. The molecule has 0 atom stereocenters. The fourth-order valence-corrected chi connectivity index (χ4v) is 3.34. The Bertz CT molecular complexity index is 925. The van der Waals surface area contributed by atoms with Crippen LogP contribution < -0.4 is 4.74 Å². The first kappa shape index (κ1) is 18.8. The van der Waals surface area contributed by atoms with Gasteiger partial charge in [0.1, 0.15) is 5.75 Å². The standard InChI is InChI=1S/C20H20N4O2S/c1-3-12-24-19(16-8-10-21-11-9-16)22-23-20(24)27-14-13-26-18-7-5-4-6-17(18)15(2)25/h3-11H,1,12-14H2,2H3. The molecular formula is C20H20N4O2S. The summed E-state index contributed by atoms with van der Waals surface area (Å²) in [5.74, 6) is 2.06. The van der Waals surface area contributed by atoms with Gasteiger partial charge in [0.25, 0.3) is 0 Å². The van der Waals surface area contributed by atoms with E-state index in [-0.39, 0.29) is 5.78 Å². The summed E-state index contributed by atoms with van der Waals surface area (Å²) < 4.78 is 7.79. The van der Waals surface area contributed by atoms with Gasteiger partial charge in [0.05, 0.1) is 12.2 Å². The highest BCUT2D eigenvalue weighted by molar-refractivity contribution is 7.99. The van der Waals surface area contributed by atoms with Crippen LogP contribution in [0.3, 0.4) is 0 Å². The summed E-state index contributed by atoms with van der Waals surface area (Å²) in [5, 5.41) is 9.41. The van der Waals surface area contributed by atoms with Crippen molar-refractivity contribution in [1.82, 2.24) is 19.7 Å². The zero-order chi connectivity index (χ0) is 19.1. The number of rotatable bonds is 9. The van der Waals surface area contributed by atoms with Gasteiger partial charge >= 0.3 is 0 Å². The second kappa shape index (κ2) is 9.14. The van der Waals surface area contributed by atoms with Crippen LogP contribution in [0.2, 0.25) is 0 Å². The summed E-state index contributed by atoms with van der Waals surface area (Å²) in [6.45, 7) is 6.43. The van der Waals surface area contributed by atoms with Crippen LogP contribution in [0.4, 0.5) is 0 Å². The predicted octanol–water partition coefficient (Wildman–Crippen LogP) is 3.90. The number of benzene rings is 1. The van der Waals surface area contributed by atoms with Crippen molar-refractivity contribution in [1.29, 1.82) is 0 Å². The van der Waals surface area contributed by atoms with E-state index in [1.807, 2.05) is 41.0 Å². The predicted molar refractivity (Wildman–Crippen MR) is 106 cm³/mol. The smallest absolute Gasteiger partial charge is 0.191 e. The number of aromatic nitrogens is 4. The monoisotopic (exact) mass is 380 g/mol. The number of Topliss-reactive ketones (excluding diaryl/α,β-unsaturated/α-hetero) is 1. The molecular weight excluding hydrogens is 360 g/mol. The van der Waals surface area contributed by atoms with Crippen molar-refractivity contribution < 1.29 is 9.53 Å². The maximum absolute atomic E-state index is 11.7. The Morgan fingerprint density at radius 1 is 1.22 bits per heavy atom. The van der Waals surface area contributed by atoms with Crippen LogP contribution >= 0.6 is 11.8 Å². The first-order chi connectivity index (χ1) is 13.2. The Balaban J connectivity index is 1.66. The van der Waals surface area contributed by atoms with Crippen molar-refractivity contribution in [3.8, 4) is 17.1 Å². The first-order valence-electron chi connectivity index (χ1n) is 8.50. The third-order valence-corrected chi connectivity index (χ3v) is 4.74. The number of ketones is 1. The fraction of sp³-hybridized carbons (Fsp3) is 0.200. The Hall–Kier alpha value is -2.93. The molecule has 0 unspecified atom stereocenters. The summed E-state index contributed by atoms with van der Waals surface area (Å²) in [6, 6.07) is 11.1. The highest BCUT2D eigenvalue weighted by Gasteiger charge is 2.13. The summed E-state index contributed by atoms with van der Waals surface area (Å²) in [4.78, 5) is 15.7. The lowest BCUT2D eigenvalue weighted by atomic mass is 10.1. The largest absolute Gasteiger partial charge is 0.492 e. The third-order valence-electron chi connectivity index (χ3n) is 3.81. The molecule has 0 aliphatic heterocycles. The van der Waals surface area contributed by atoms with E-state index in [9.17, 15) is 4.79 Å². The van der Waals surface area contributed by atoms with Gasteiger partial charge in [-0.3, -0.25) is 14.3 Å². The minimum Gasteiger partial charge on any atom is -0.492 e. The number of thioether (sulfide) groups is 1. The topological polar surface area (TPSA) is 69.9 Å². The summed E-state index contributed by atoms with van der Waals surface area (Å²) in [7, 11) is 0. The molecule has 0 saturated heterocycles. The van der Waals surface area contributed by atoms with Gasteiger partial charge in [0, 0.05) is 30.3 Å². The number of para-hydroxylation sites is 1. The average Bonchev–Trinajstić information content (AvgIpc) is 3.09. The number of hydrogen-bond donors (Lipinski definition) is 0. The second-order valence-electron chi connectivity index (χ2n) is 5.69. The molecule has 1 aromatic carbocycles. The van der Waals surface area contributed by atoms with E-state index in [1.54, 1.807) is 30.2 Å². The fourth-order valence-electron chi connectivity index (χ4n) is 2.57. The van der Waals surface area contributed by atoms with Gasteiger partial charge in [0.15, 0.2) is 16.8 Å². The Morgan fingerprint density at radius 2 is 2.00 bits per heavy atom. The van der Waals surface area contributed by atoms with Gasteiger partial charge < -0.3 is 4.74 Å².